The number of rotatable bonds is 3. The number of carbonyl (C=O) groups excluding carboxylic acids is 2. The summed E-state index contributed by atoms with van der Waals surface area (Å²) in [6.45, 7) is 3.61. The van der Waals surface area contributed by atoms with Crippen LogP contribution in [-0.4, -0.2) is 59.4 Å². The van der Waals surface area contributed by atoms with E-state index in [9.17, 15) is 9.59 Å². The summed E-state index contributed by atoms with van der Waals surface area (Å²) < 4.78 is 1.20. The van der Waals surface area contributed by atoms with Crippen molar-refractivity contribution < 1.29 is 9.59 Å². The van der Waals surface area contributed by atoms with E-state index in [2.05, 4.69) is 15.9 Å². The molecule has 0 atom stereocenters. The van der Waals surface area contributed by atoms with Crippen LogP contribution in [0.3, 0.4) is 0 Å². The minimum atomic E-state index is -0.191. The van der Waals surface area contributed by atoms with Gasteiger partial charge in [-0.1, -0.05) is 35.6 Å². The lowest BCUT2D eigenvalue weighted by molar-refractivity contribution is 0.0535. The summed E-state index contributed by atoms with van der Waals surface area (Å²) in [5.74, 6) is -0.381. The van der Waals surface area contributed by atoms with Crippen LogP contribution in [0, 0.1) is 0 Å². The molecule has 0 saturated carbocycles. The third-order valence-corrected chi connectivity index (χ3v) is 6.24. The summed E-state index contributed by atoms with van der Waals surface area (Å²) in [5, 5.41) is 1.04. The number of hydrogen-bond acceptors (Lipinski definition) is 6. The standard InChI is InChI=1S/C20H18N4O2S/c25-18-14-5-1-2-6-15(14)19(26)24(18)13-22-9-11-23(12-10-22)20-21-16-7-3-4-8-17(16)27-20/h1-8H,9-13H2. The van der Waals surface area contributed by atoms with E-state index in [-0.39, 0.29) is 11.8 Å². The summed E-state index contributed by atoms with van der Waals surface area (Å²) in [7, 11) is 0. The van der Waals surface area contributed by atoms with Crippen LogP contribution in [0.15, 0.2) is 48.5 Å². The van der Waals surface area contributed by atoms with E-state index in [1.807, 2.05) is 18.2 Å². The predicted molar refractivity (Wildman–Crippen MR) is 105 cm³/mol. The van der Waals surface area contributed by atoms with Gasteiger partial charge in [0.1, 0.15) is 0 Å². The largest absolute Gasteiger partial charge is 0.345 e. The average molecular weight is 378 g/mol. The number of fused-ring (bicyclic) bond motifs is 2. The Hall–Kier alpha value is -2.77. The first-order valence-corrected chi connectivity index (χ1v) is 9.80. The molecule has 1 fully saturated rings. The number of para-hydroxylation sites is 1. The molecule has 5 rings (SSSR count). The van der Waals surface area contributed by atoms with E-state index in [1.54, 1.807) is 35.6 Å². The Balaban J connectivity index is 1.25. The van der Waals surface area contributed by atoms with Crippen LogP contribution < -0.4 is 4.90 Å². The van der Waals surface area contributed by atoms with Crippen molar-refractivity contribution in [2.24, 2.45) is 0 Å². The molecule has 0 spiro atoms. The number of thiazole rings is 1. The minimum absolute atomic E-state index is 0.191. The second-order valence-corrected chi connectivity index (χ2v) is 7.80. The van der Waals surface area contributed by atoms with Crippen molar-refractivity contribution in [2.75, 3.05) is 37.7 Å². The first-order valence-electron chi connectivity index (χ1n) is 8.99. The van der Waals surface area contributed by atoms with Gasteiger partial charge in [0, 0.05) is 26.2 Å². The molecule has 136 valence electrons. The fraction of sp³-hybridized carbons (Fsp3) is 0.250. The number of piperazine rings is 1. The highest BCUT2D eigenvalue weighted by atomic mass is 32.1. The van der Waals surface area contributed by atoms with Crippen LogP contribution in [-0.2, 0) is 0 Å². The molecule has 6 nitrogen and oxygen atoms in total. The van der Waals surface area contributed by atoms with Gasteiger partial charge >= 0.3 is 0 Å². The molecule has 0 radical (unpaired) electrons. The fourth-order valence-electron chi connectivity index (χ4n) is 3.64. The van der Waals surface area contributed by atoms with E-state index in [1.165, 1.54) is 9.60 Å². The Morgan fingerprint density at radius 3 is 2.15 bits per heavy atom. The summed E-state index contributed by atoms with van der Waals surface area (Å²) >= 11 is 1.71. The monoisotopic (exact) mass is 378 g/mol. The van der Waals surface area contributed by atoms with Gasteiger partial charge in [-0.3, -0.25) is 19.4 Å². The van der Waals surface area contributed by atoms with Crippen molar-refractivity contribution in [1.82, 2.24) is 14.8 Å². The Bertz CT molecular complexity index is 971. The normalized spacial score (nSPS) is 17.8. The zero-order chi connectivity index (χ0) is 18.4. The molecular weight excluding hydrogens is 360 g/mol. The SMILES string of the molecule is O=C1c2ccccc2C(=O)N1CN1CCN(c2nc3ccccc3s2)CC1. The van der Waals surface area contributed by atoms with Gasteiger partial charge in [0.25, 0.3) is 11.8 Å². The van der Waals surface area contributed by atoms with E-state index < -0.39 is 0 Å². The number of hydrogen-bond donors (Lipinski definition) is 0. The number of carbonyl (C=O) groups is 2. The van der Waals surface area contributed by atoms with Crippen LogP contribution in [0.4, 0.5) is 5.13 Å². The Morgan fingerprint density at radius 2 is 1.48 bits per heavy atom. The number of imide groups is 1. The molecule has 0 N–H and O–H groups in total. The number of amides is 2. The maximum Gasteiger partial charge on any atom is 0.262 e. The zero-order valence-corrected chi connectivity index (χ0v) is 15.5. The third-order valence-electron chi connectivity index (χ3n) is 5.15. The zero-order valence-electron chi connectivity index (χ0n) is 14.7. The Labute approximate surface area is 160 Å². The smallest absolute Gasteiger partial charge is 0.262 e. The summed E-state index contributed by atoms with van der Waals surface area (Å²) in [6.07, 6.45) is 0. The second kappa shape index (κ2) is 6.44. The molecule has 7 heteroatoms. The van der Waals surface area contributed by atoms with Crippen LogP contribution in [0.2, 0.25) is 0 Å². The van der Waals surface area contributed by atoms with Gasteiger partial charge < -0.3 is 4.90 Å². The van der Waals surface area contributed by atoms with Gasteiger partial charge in [0.2, 0.25) is 0 Å². The topological polar surface area (TPSA) is 56.8 Å². The maximum absolute atomic E-state index is 12.5. The number of benzene rings is 2. The van der Waals surface area contributed by atoms with E-state index in [0.29, 0.717) is 17.8 Å². The Kier molecular flexibility index (Phi) is 3.91. The maximum atomic E-state index is 12.5. The van der Waals surface area contributed by atoms with Crippen molar-refractivity contribution in [1.29, 1.82) is 0 Å². The number of aromatic nitrogens is 1. The Morgan fingerprint density at radius 1 is 0.852 bits per heavy atom. The molecule has 2 aromatic carbocycles. The van der Waals surface area contributed by atoms with Crippen LogP contribution in [0.1, 0.15) is 20.7 Å². The van der Waals surface area contributed by atoms with Crippen LogP contribution >= 0.6 is 11.3 Å². The molecule has 3 heterocycles. The molecule has 0 unspecified atom stereocenters. The average Bonchev–Trinajstić information content (AvgIpc) is 3.24. The van der Waals surface area contributed by atoms with E-state index >= 15 is 0 Å². The lowest BCUT2D eigenvalue weighted by atomic mass is 10.1. The number of anilines is 1. The van der Waals surface area contributed by atoms with Gasteiger partial charge in [-0.15, -0.1) is 0 Å². The van der Waals surface area contributed by atoms with Gasteiger partial charge in [0.15, 0.2) is 5.13 Å². The molecular formula is C20H18N4O2S. The fourth-order valence-corrected chi connectivity index (χ4v) is 4.66. The molecule has 0 bridgehead atoms. The lowest BCUT2D eigenvalue weighted by Gasteiger charge is -2.35. The van der Waals surface area contributed by atoms with Crippen LogP contribution in [0.5, 0.6) is 0 Å². The third kappa shape index (κ3) is 2.79. The van der Waals surface area contributed by atoms with E-state index in [0.717, 1.165) is 36.8 Å². The second-order valence-electron chi connectivity index (χ2n) is 6.79. The molecule has 27 heavy (non-hydrogen) atoms. The lowest BCUT2D eigenvalue weighted by Crippen LogP contribution is -2.51. The molecule has 2 amide bonds. The van der Waals surface area contributed by atoms with Crippen molar-refractivity contribution in [3.05, 3.63) is 59.7 Å². The molecule has 0 aliphatic carbocycles. The highest BCUT2D eigenvalue weighted by molar-refractivity contribution is 7.22. The molecule has 2 aliphatic heterocycles. The minimum Gasteiger partial charge on any atom is -0.345 e. The molecule has 2 aliphatic rings. The van der Waals surface area contributed by atoms with Crippen molar-refractivity contribution in [3.8, 4) is 0 Å². The van der Waals surface area contributed by atoms with Crippen molar-refractivity contribution in [3.63, 3.8) is 0 Å². The first kappa shape index (κ1) is 16.4. The van der Waals surface area contributed by atoms with E-state index in [4.69, 9.17) is 4.98 Å². The molecule has 1 aromatic heterocycles. The van der Waals surface area contributed by atoms with Gasteiger partial charge in [-0.25, -0.2) is 4.98 Å². The molecule has 1 saturated heterocycles. The first-order chi connectivity index (χ1) is 13.2. The van der Waals surface area contributed by atoms with Crippen molar-refractivity contribution in [2.45, 2.75) is 0 Å². The van der Waals surface area contributed by atoms with Gasteiger partial charge in [-0.05, 0) is 24.3 Å². The van der Waals surface area contributed by atoms with Crippen LogP contribution in [0.25, 0.3) is 10.2 Å². The number of nitrogens with zero attached hydrogens (tertiary/aromatic N) is 4. The highest BCUT2D eigenvalue weighted by Crippen LogP contribution is 2.29. The summed E-state index contributed by atoms with van der Waals surface area (Å²) in [5.41, 5.74) is 2.05. The molecule has 3 aromatic rings. The summed E-state index contributed by atoms with van der Waals surface area (Å²) in [6, 6.07) is 15.2. The highest BCUT2D eigenvalue weighted by Gasteiger charge is 2.36. The summed E-state index contributed by atoms with van der Waals surface area (Å²) in [4.78, 5) is 35.6. The van der Waals surface area contributed by atoms with Gasteiger partial charge in [-0.2, -0.15) is 0 Å². The predicted octanol–water partition coefficient (Wildman–Crippen LogP) is 2.67. The van der Waals surface area contributed by atoms with Gasteiger partial charge in [0.05, 0.1) is 28.0 Å². The van der Waals surface area contributed by atoms with Crippen molar-refractivity contribution >= 4 is 38.5 Å². The quantitative estimate of drug-likeness (QED) is 0.656.